The molecule has 1 heterocycles. The Morgan fingerprint density at radius 3 is 2.93 bits per heavy atom. The third kappa shape index (κ3) is 2.78. The summed E-state index contributed by atoms with van der Waals surface area (Å²) >= 11 is 0. The number of hydrogen-bond donors (Lipinski definition) is 1. The first-order valence-electron chi connectivity index (χ1n) is 4.73. The average molecular weight is 198 g/mol. The van der Waals surface area contributed by atoms with Crippen molar-refractivity contribution in [3.63, 3.8) is 0 Å². The highest BCUT2D eigenvalue weighted by atomic mass is 16.5. The van der Waals surface area contributed by atoms with Crippen LogP contribution in [0.2, 0.25) is 0 Å². The van der Waals surface area contributed by atoms with Crippen molar-refractivity contribution in [2.24, 2.45) is 5.73 Å². The fraction of sp³-hybridized carbons (Fsp3) is 0.778. The summed E-state index contributed by atoms with van der Waals surface area (Å²) in [5, 5.41) is 4.09. The molecule has 80 valence electrons. The van der Waals surface area contributed by atoms with Crippen molar-refractivity contribution in [3.8, 4) is 0 Å². The Morgan fingerprint density at radius 2 is 2.36 bits per heavy atom. The van der Waals surface area contributed by atoms with Crippen LogP contribution in [0.25, 0.3) is 0 Å². The first kappa shape index (κ1) is 11.1. The number of aromatic nitrogens is 3. The van der Waals surface area contributed by atoms with Gasteiger partial charge in [-0.15, -0.1) is 0 Å². The lowest BCUT2D eigenvalue weighted by Crippen LogP contribution is -2.43. The van der Waals surface area contributed by atoms with Gasteiger partial charge in [0.15, 0.2) is 0 Å². The van der Waals surface area contributed by atoms with Crippen LogP contribution in [0, 0.1) is 0 Å². The Kier molecular flexibility index (Phi) is 3.60. The predicted molar refractivity (Wildman–Crippen MR) is 53.9 cm³/mol. The standard InChI is InChI=1S/C9H18N4O/c1-4-13-8(11-7-12-13)5-9(2,10)6-14-3/h7H,4-6,10H2,1-3H3. The third-order valence-corrected chi connectivity index (χ3v) is 2.03. The first-order valence-corrected chi connectivity index (χ1v) is 4.73. The van der Waals surface area contributed by atoms with Crippen LogP contribution in [0.4, 0.5) is 0 Å². The van der Waals surface area contributed by atoms with Crippen molar-refractivity contribution in [1.82, 2.24) is 14.8 Å². The van der Waals surface area contributed by atoms with Gasteiger partial charge in [-0.2, -0.15) is 5.10 Å². The zero-order valence-electron chi connectivity index (χ0n) is 9.03. The molecule has 0 saturated carbocycles. The van der Waals surface area contributed by atoms with Crippen LogP contribution in [0.3, 0.4) is 0 Å². The van der Waals surface area contributed by atoms with Crippen LogP contribution in [-0.4, -0.2) is 34.0 Å². The molecular weight excluding hydrogens is 180 g/mol. The van der Waals surface area contributed by atoms with Crippen molar-refractivity contribution in [2.75, 3.05) is 13.7 Å². The van der Waals surface area contributed by atoms with Crippen LogP contribution in [0.15, 0.2) is 6.33 Å². The van der Waals surface area contributed by atoms with Gasteiger partial charge in [-0.3, -0.25) is 4.68 Å². The second kappa shape index (κ2) is 4.52. The second-order valence-corrected chi connectivity index (χ2v) is 3.76. The molecule has 0 aliphatic rings. The number of aryl methyl sites for hydroxylation is 1. The molecule has 1 aromatic heterocycles. The van der Waals surface area contributed by atoms with Crippen molar-refractivity contribution in [3.05, 3.63) is 12.2 Å². The van der Waals surface area contributed by atoms with Gasteiger partial charge in [0.05, 0.1) is 6.61 Å². The van der Waals surface area contributed by atoms with Gasteiger partial charge in [0, 0.05) is 25.6 Å². The van der Waals surface area contributed by atoms with E-state index in [1.807, 2.05) is 18.5 Å². The molecule has 5 nitrogen and oxygen atoms in total. The second-order valence-electron chi connectivity index (χ2n) is 3.76. The molecule has 5 heteroatoms. The van der Waals surface area contributed by atoms with Crippen LogP contribution >= 0.6 is 0 Å². The summed E-state index contributed by atoms with van der Waals surface area (Å²) in [6.45, 7) is 5.31. The first-order chi connectivity index (χ1) is 6.59. The molecule has 1 aromatic rings. The minimum absolute atomic E-state index is 0.380. The van der Waals surface area contributed by atoms with E-state index in [9.17, 15) is 0 Å². The van der Waals surface area contributed by atoms with Gasteiger partial charge in [-0.05, 0) is 13.8 Å². The molecule has 0 bridgehead atoms. The Morgan fingerprint density at radius 1 is 1.64 bits per heavy atom. The van der Waals surface area contributed by atoms with Crippen LogP contribution in [0.5, 0.6) is 0 Å². The molecule has 2 N–H and O–H groups in total. The number of rotatable bonds is 5. The summed E-state index contributed by atoms with van der Waals surface area (Å²) in [6.07, 6.45) is 2.23. The zero-order chi connectivity index (χ0) is 10.6. The minimum atomic E-state index is -0.380. The molecule has 0 aliphatic carbocycles. The van der Waals surface area contributed by atoms with Gasteiger partial charge in [-0.1, -0.05) is 0 Å². The lowest BCUT2D eigenvalue weighted by molar-refractivity contribution is 0.139. The van der Waals surface area contributed by atoms with Crippen molar-refractivity contribution >= 4 is 0 Å². The quantitative estimate of drug-likeness (QED) is 0.734. The predicted octanol–water partition coefficient (Wildman–Crippen LogP) is 0.204. The molecule has 0 aromatic carbocycles. The van der Waals surface area contributed by atoms with E-state index < -0.39 is 0 Å². The summed E-state index contributed by atoms with van der Waals surface area (Å²) in [4.78, 5) is 4.17. The van der Waals surface area contributed by atoms with E-state index in [-0.39, 0.29) is 5.54 Å². The highest BCUT2D eigenvalue weighted by molar-refractivity contribution is 4.95. The van der Waals surface area contributed by atoms with Crippen molar-refractivity contribution < 1.29 is 4.74 Å². The smallest absolute Gasteiger partial charge is 0.138 e. The Labute approximate surface area is 84.3 Å². The normalized spacial score (nSPS) is 15.4. The van der Waals surface area contributed by atoms with Gasteiger partial charge < -0.3 is 10.5 Å². The van der Waals surface area contributed by atoms with Crippen LogP contribution in [-0.2, 0) is 17.7 Å². The van der Waals surface area contributed by atoms with Gasteiger partial charge in [0.1, 0.15) is 12.2 Å². The molecule has 0 aliphatic heterocycles. The fourth-order valence-electron chi connectivity index (χ4n) is 1.43. The van der Waals surface area contributed by atoms with E-state index in [4.69, 9.17) is 10.5 Å². The van der Waals surface area contributed by atoms with E-state index in [1.165, 1.54) is 0 Å². The van der Waals surface area contributed by atoms with Gasteiger partial charge in [-0.25, -0.2) is 4.98 Å². The largest absolute Gasteiger partial charge is 0.383 e. The monoisotopic (exact) mass is 198 g/mol. The zero-order valence-corrected chi connectivity index (χ0v) is 9.03. The molecule has 0 spiro atoms. The van der Waals surface area contributed by atoms with E-state index in [0.29, 0.717) is 13.0 Å². The number of methoxy groups -OCH3 is 1. The topological polar surface area (TPSA) is 66.0 Å². The molecule has 0 saturated heterocycles. The van der Waals surface area contributed by atoms with Gasteiger partial charge in [0.2, 0.25) is 0 Å². The van der Waals surface area contributed by atoms with E-state index in [0.717, 1.165) is 12.4 Å². The minimum Gasteiger partial charge on any atom is -0.383 e. The lowest BCUT2D eigenvalue weighted by atomic mass is 10.0. The molecule has 14 heavy (non-hydrogen) atoms. The van der Waals surface area contributed by atoms with Gasteiger partial charge in [0.25, 0.3) is 0 Å². The number of hydrogen-bond acceptors (Lipinski definition) is 4. The maximum absolute atomic E-state index is 6.04. The van der Waals surface area contributed by atoms with Crippen molar-refractivity contribution in [1.29, 1.82) is 0 Å². The SMILES string of the molecule is CCn1ncnc1CC(C)(N)COC. The lowest BCUT2D eigenvalue weighted by Gasteiger charge is -2.22. The van der Waals surface area contributed by atoms with Crippen molar-refractivity contribution in [2.45, 2.75) is 32.4 Å². The summed E-state index contributed by atoms with van der Waals surface area (Å²) in [5.41, 5.74) is 5.66. The molecule has 1 unspecified atom stereocenters. The van der Waals surface area contributed by atoms with E-state index >= 15 is 0 Å². The Bertz CT molecular complexity index is 282. The van der Waals surface area contributed by atoms with E-state index in [1.54, 1.807) is 13.4 Å². The summed E-state index contributed by atoms with van der Waals surface area (Å²) in [5.74, 6) is 0.912. The third-order valence-electron chi connectivity index (χ3n) is 2.03. The molecule has 1 atom stereocenters. The highest BCUT2D eigenvalue weighted by Crippen LogP contribution is 2.08. The summed E-state index contributed by atoms with van der Waals surface area (Å²) < 4.78 is 6.89. The van der Waals surface area contributed by atoms with Crippen LogP contribution in [0.1, 0.15) is 19.7 Å². The number of nitrogens with two attached hydrogens (primary N) is 1. The maximum atomic E-state index is 6.04. The number of nitrogens with zero attached hydrogens (tertiary/aromatic N) is 3. The molecule has 0 radical (unpaired) electrons. The average Bonchev–Trinajstić information content (AvgIpc) is 2.50. The highest BCUT2D eigenvalue weighted by Gasteiger charge is 2.21. The van der Waals surface area contributed by atoms with Crippen LogP contribution < -0.4 is 5.73 Å². The fourth-order valence-corrected chi connectivity index (χ4v) is 1.43. The summed E-state index contributed by atoms with van der Waals surface area (Å²) in [6, 6.07) is 0. The summed E-state index contributed by atoms with van der Waals surface area (Å²) in [7, 11) is 1.65. The van der Waals surface area contributed by atoms with Gasteiger partial charge >= 0.3 is 0 Å². The Hall–Kier alpha value is -0.940. The molecule has 1 rings (SSSR count). The molecule has 0 amide bonds. The maximum Gasteiger partial charge on any atom is 0.138 e. The number of ether oxygens (including phenoxy) is 1. The Balaban J connectivity index is 2.67. The molecular formula is C9H18N4O. The van der Waals surface area contributed by atoms with E-state index in [2.05, 4.69) is 10.1 Å². The molecule has 0 fully saturated rings.